The lowest BCUT2D eigenvalue weighted by Gasteiger charge is -2.37. The standard InChI is InChI=1S/C25H38O2Si/c1-5-7-18-28(3,4)27-22-25(21-26-6-2,19-23-14-10-8-11-15-23)20-24-16-12-9-13-17-24/h8-17H,5-7,18-22H2,1-4H3. The summed E-state index contributed by atoms with van der Waals surface area (Å²) in [6.45, 7) is 11.3. The zero-order chi connectivity index (χ0) is 20.3. The Hall–Kier alpha value is -1.42. The summed E-state index contributed by atoms with van der Waals surface area (Å²) >= 11 is 0. The maximum Gasteiger partial charge on any atom is 0.186 e. The molecule has 0 N–H and O–H groups in total. The van der Waals surface area contributed by atoms with Gasteiger partial charge in [-0.15, -0.1) is 0 Å². The molecule has 0 unspecified atom stereocenters. The molecule has 28 heavy (non-hydrogen) atoms. The Balaban J connectivity index is 2.26. The highest BCUT2D eigenvalue weighted by atomic mass is 28.4. The van der Waals surface area contributed by atoms with Gasteiger partial charge in [0.2, 0.25) is 0 Å². The lowest BCUT2D eigenvalue weighted by atomic mass is 9.78. The number of hydrogen-bond donors (Lipinski definition) is 0. The molecule has 0 saturated carbocycles. The molecule has 0 amide bonds. The van der Waals surface area contributed by atoms with E-state index >= 15 is 0 Å². The topological polar surface area (TPSA) is 18.5 Å². The second-order valence-electron chi connectivity index (χ2n) is 8.61. The fourth-order valence-corrected chi connectivity index (χ4v) is 5.75. The molecule has 3 heteroatoms. The maximum absolute atomic E-state index is 6.70. The van der Waals surface area contributed by atoms with Gasteiger partial charge in [0.05, 0.1) is 6.61 Å². The van der Waals surface area contributed by atoms with Crippen LogP contribution in [0.4, 0.5) is 0 Å². The molecule has 0 aliphatic heterocycles. The van der Waals surface area contributed by atoms with Gasteiger partial charge in [-0.1, -0.05) is 80.4 Å². The zero-order valence-corrected chi connectivity index (χ0v) is 19.2. The first kappa shape index (κ1) is 22.9. The summed E-state index contributed by atoms with van der Waals surface area (Å²) in [6.07, 6.45) is 4.44. The molecule has 2 nitrogen and oxygen atoms in total. The number of rotatable bonds is 13. The predicted octanol–water partition coefficient (Wildman–Crippen LogP) is 6.52. The molecule has 0 saturated heterocycles. The molecule has 0 heterocycles. The van der Waals surface area contributed by atoms with E-state index in [4.69, 9.17) is 9.16 Å². The lowest BCUT2D eigenvalue weighted by molar-refractivity contribution is 0.0157. The van der Waals surface area contributed by atoms with Crippen LogP contribution in [0.15, 0.2) is 60.7 Å². The molecular weight excluding hydrogens is 360 g/mol. The van der Waals surface area contributed by atoms with Crippen molar-refractivity contribution in [3.63, 3.8) is 0 Å². The van der Waals surface area contributed by atoms with Gasteiger partial charge in [0.1, 0.15) is 0 Å². The average Bonchev–Trinajstić information content (AvgIpc) is 2.71. The van der Waals surface area contributed by atoms with Gasteiger partial charge in [-0.05, 0) is 50.0 Å². The van der Waals surface area contributed by atoms with Gasteiger partial charge in [-0.3, -0.25) is 0 Å². The molecular formula is C25H38O2Si. The monoisotopic (exact) mass is 398 g/mol. The Labute approximate surface area is 173 Å². The summed E-state index contributed by atoms with van der Waals surface area (Å²) in [5.41, 5.74) is 2.67. The summed E-state index contributed by atoms with van der Waals surface area (Å²) in [6, 6.07) is 22.8. The van der Waals surface area contributed by atoms with Crippen molar-refractivity contribution in [2.24, 2.45) is 5.41 Å². The third kappa shape index (κ3) is 7.90. The predicted molar refractivity (Wildman–Crippen MR) is 122 cm³/mol. The Morgan fingerprint density at radius 2 is 1.32 bits per heavy atom. The van der Waals surface area contributed by atoms with Crippen LogP contribution in [0.25, 0.3) is 0 Å². The Morgan fingerprint density at radius 1 is 0.786 bits per heavy atom. The van der Waals surface area contributed by atoms with Crippen molar-refractivity contribution in [3.05, 3.63) is 71.8 Å². The fourth-order valence-electron chi connectivity index (χ4n) is 3.71. The van der Waals surface area contributed by atoms with Gasteiger partial charge in [0.25, 0.3) is 0 Å². The first-order chi connectivity index (χ1) is 13.5. The highest BCUT2D eigenvalue weighted by Crippen LogP contribution is 2.31. The second kappa shape index (κ2) is 11.5. The van der Waals surface area contributed by atoms with Crippen LogP contribution < -0.4 is 0 Å². The molecule has 0 spiro atoms. The van der Waals surface area contributed by atoms with Crippen molar-refractivity contribution in [2.75, 3.05) is 19.8 Å². The van der Waals surface area contributed by atoms with Gasteiger partial charge < -0.3 is 9.16 Å². The molecule has 0 fully saturated rings. The van der Waals surface area contributed by atoms with Crippen molar-refractivity contribution in [3.8, 4) is 0 Å². The molecule has 2 aromatic rings. The minimum atomic E-state index is -1.66. The number of hydrogen-bond acceptors (Lipinski definition) is 2. The number of benzene rings is 2. The van der Waals surface area contributed by atoms with E-state index < -0.39 is 8.32 Å². The van der Waals surface area contributed by atoms with Crippen LogP contribution in [0, 0.1) is 5.41 Å². The molecule has 0 aliphatic carbocycles. The zero-order valence-electron chi connectivity index (χ0n) is 18.2. The largest absolute Gasteiger partial charge is 0.417 e. The van der Waals surface area contributed by atoms with Gasteiger partial charge in [-0.25, -0.2) is 0 Å². The van der Waals surface area contributed by atoms with Crippen molar-refractivity contribution >= 4 is 8.32 Å². The quantitative estimate of drug-likeness (QED) is 0.358. The van der Waals surface area contributed by atoms with Crippen molar-refractivity contribution < 1.29 is 9.16 Å². The highest BCUT2D eigenvalue weighted by molar-refractivity contribution is 6.71. The van der Waals surface area contributed by atoms with E-state index in [-0.39, 0.29) is 5.41 Å². The lowest BCUT2D eigenvalue weighted by Crippen LogP contribution is -2.42. The van der Waals surface area contributed by atoms with Gasteiger partial charge in [0.15, 0.2) is 8.32 Å². The van der Waals surface area contributed by atoms with Crippen molar-refractivity contribution in [1.82, 2.24) is 0 Å². The summed E-state index contributed by atoms with van der Waals surface area (Å²) in [7, 11) is -1.66. The van der Waals surface area contributed by atoms with E-state index in [1.807, 2.05) is 0 Å². The van der Waals surface area contributed by atoms with Crippen LogP contribution >= 0.6 is 0 Å². The van der Waals surface area contributed by atoms with Crippen LogP contribution in [-0.4, -0.2) is 28.1 Å². The second-order valence-corrected chi connectivity index (χ2v) is 12.9. The molecule has 154 valence electrons. The van der Waals surface area contributed by atoms with Gasteiger partial charge in [0, 0.05) is 18.6 Å². The first-order valence-corrected chi connectivity index (χ1v) is 13.9. The van der Waals surface area contributed by atoms with E-state index in [2.05, 4.69) is 87.6 Å². The van der Waals surface area contributed by atoms with Gasteiger partial charge in [-0.2, -0.15) is 0 Å². The maximum atomic E-state index is 6.70. The SMILES string of the molecule is CCCC[Si](C)(C)OCC(COCC)(Cc1ccccc1)Cc1ccccc1. The number of ether oxygens (including phenoxy) is 1. The molecule has 2 aromatic carbocycles. The molecule has 0 aliphatic rings. The summed E-state index contributed by atoms with van der Waals surface area (Å²) in [4.78, 5) is 0. The van der Waals surface area contributed by atoms with E-state index in [0.29, 0.717) is 0 Å². The Kier molecular flexibility index (Phi) is 9.43. The first-order valence-electron chi connectivity index (χ1n) is 10.8. The molecule has 0 atom stereocenters. The molecule has 0 radical (unpaired) electrons. The van der Waals surface area contributed by atoms with Gasteiger partial charge >= 0.3 is 0 Å². The van der Waals surface area contributed by atoms with Crippen LogP contribution in [0.2, 0.25) is 19.1 Å². The molecule has 0 aromatic heterocycles. The number of unbranched alkanes of at least 4 members (excludes halogenated alkanes) is 1. The fraction of sp³-hybridized carbons (Fsp3) is 0.520. The normalized spacial score (nSPS) is 12.3. The third-order valence-corrected chi connectivity index (χ3v) is 7.84. The summed E-state index contributed by atoms with van der Waals surface area (Å²) in [5.74, 6) is 0. The molecule has 2 rings (SSSR count). The van der Waals surface area contributed by atoms with Crippen LogP contribution in [0.3, 0.4) is 0 Å². The van der Waals surface area contributed by atoms with Crippen LogP contribution in [0.5, 0.6) is 0 Å². The Bertz CT molecular complexity index is 613. The van der Waals surface area contributed by atoms with E-state index in [9.17, 15) is 0 Å². The van der Waals surface area contributed by atoms with E-state index in [1.165, 1.54) is 30.0 Å². The van der Waals surface area contributed by atoms with E-state index in [0.717, 1.165) is 32.7 Å². The van der Waals surface area contributed by atoms with Crippen LogP contribution in [0.1, 0.15) is 37.8 Å². The smallest absolute Gasteiger partial charge is 0.186 e. The highest BCUT2D eigenvalue weighted by Gasteiger charge is 2.34. The Morgan fingerprint density at radius 3 is 1.79 bits per heavy atom. The summed E-state index contributed by atoms with van der Waals surface area (Å²) < 4.78 is 12.7. The van der Waals surface area contributed by atoms with E-state index in [1.54, 1.807) is 0 Å². The van der Waals surface area contributed by atoms with Crippen molar-refractivity contribution in [1.29, 1.82) is 0 Å². The molecule has 0 bridgehead atoms. The van der Waals surface area contributed by atoms with Crippen LogP contribution in [-0.2, 0) is 22.0 Å². The third-order valence-electron chi connectivity index (χ3n) is 5.36. The average molecular weight is 399 g/mol. The van der Waals surface area contributed by atoms with Crippen molar-refractivity contribution in [2.45, 2.75) is 58.7 Å². The summed E-state index contributed by atoms with van der Waals surface area (Å²) in [5, 5.41) is 0. The minimum absolute atomic E-state index is 0.0464. The minimum Gasteiger partial charge on any atom is -0.417 e.